The van der Waals surface area contributed by atoms with Crippen molar-refractivity contribution in [3.05, 3.63) is 22.1 Å². The molecule has 2 heterocycles. The van der Waals surface area contributed by atoms with Gasteiger partial charge in [-0.1, -0.05) is 32.4 Å². The van der Waals surface area contributed by atoms with Crippen LogP contribution < -0.4 is 0 Å². The second-order valence-corrected chi connectivity index (χ2v) is 6.31. The molecule has 0 radical (unpaired) electrons. The van der Waals surface area contributed by atoms with Crippen molar-refractivity contribution in [1.29, 1.82) is 0 Å². The summed E-state index contributed by atoms with van der Waals surface area (Å²) >= 11 is 6.12. The highest BCUT2D eigenvalue weighted by Crippen LogP contribution is 2.23. The van der Waals surface area contributed by atoms with Crippen molar-refractivity contribution in [1.82, 2.24) is 19.8 Å². The molecule has 0 bridgehead atoms. The first-order valence-corrected chi connectivity index (χ1v) is 6.54. The minimum Gasteiger partial charge on any atom is -0.196 e. The molecule has 2 rings (SSSR count). The molecular formula is C13H19ClN4. The molecule has 0 saturated carbocycles. The van der Waals surface area contributed by atoms with E-state index in [1.165, 1.54) is 0 Å². The van der Waals surface area contributed by atoms with Crippen molar-refractivity contribution < 1.29 is 0 Å². The maximum atomic E-state index is 6.12. The highest BCUT2D eigenvalue weighted by Gasteiger charge is 2.16. The third-order valence-corrected chi connectivity index (χ3v) is 3.56. The van der Waals surface area contributed by atoms with Gasteiger partial charge in [0, 0.05) is 12.0 Å². The Morgan fingerprint density at radius 1 is 1.11 bits per heavy atom. The monoisotopic (exact) mass is 266 g/mol. The molecule has 5 heteroatoms. The van der Waals surface area contributed by atoms with Crippen molar-refractivity contribution in [2.45, 2.75) is 47.5 Å². The number of fused-ring (bicyclic) bond motifs is 1. The highest BCUT2D eigenvalue weighted by molar-refractivity contribution is 6.30. The van der Waals surface area contributed by atoms with Gasteiger partial charge in [0.15, 0.2) is 16.6 Å². The highest BCUT2D eigenvalue weighted by atomic mass is 35.5. The second kappa shape index (κ2) is 4.50. The van der Waals surface area contributed by atoms with Crippen LogP contribution in [0, 0.1) is 19.3 Å². The molecule has 0 unspecified atom stereocenters. The fourth-order valence-corrected chi connectivity index (χ4v) is 2.00. The first kappa shape index (κ1) is 13.3. The van der Waals surface area contributed by atoms with Crippen molar-refractivity contribution in [2.75, 3.05) is 0 Å². The van der Waals surface area contributed by atoms with Gasteiger partial charge in [0.1, 0.15) is 0 Å². The Labute approximate surface area is 112 Å². The topological polar surface area (TPSA) is 43.1 Å². The Morgan fingerprint density at radius 3 is 2.39 bits per heavy atom. The smallest absolute Gasteiger partial charge is 0.181 e. The van der Waals surface area contributed by atoms with Crippen LogP contribution in [-0.4, -0.2) is 19.8 Å². The molecule has 0 aromatic carbocycles. The van der Waals surface area contributed by atoms with Crippen LogP contribution in [0.1, 0.15) is 44.1 Å². The number of aryl methyl sites for hydroxylation is 2. The maximum Gasteiger partial charge on any atom is 0.181 e. The molecule has 2 aromatic heterocycles. The zero-order valence-corrected chi connectivity index (χ0v) is 12.3. The van der Waals surface area contributed by atoms with Crippen LogP contribution in [0.3, 0.4) is 0 Å². The number of halogens is 1. The van der Waals surface area contributed by atoms with E-state index in [-0.39, 0.29) is 5.41 Å². The van der Waals surface area contributed by atoms with E-state index in [1.807, 2.05) is 13.8 Å². The summed E-state index contributed by atoms with van der Waals surface area (Å²) < 4.78 is 1.77. The minimum absolute atomic E-state index is 0.273. The van der Waals surface area contributed by atoms with E-state index < -0.39 is 0 Å². The molecule has 0 fully saturated rings. The molecule has 18 heavy (non-hydrogen) atoms. The van der Waals surface area contributed by atoms with Gasteiger partial charge in [-0.2, -0.15) is 9.61 Å². The fourth-order valence-electron chi connectivity index (χ4n) is 1.78. The number of hydrogen-bond donors (Lipinski definition) is 0. The fraction of sp³-hybridized carbons (Fsp3) is 0.615. The Morgan fingerprint density at radius 2 is 1.78 bits per heavy atom. The summed E-state index contributed by atoms with van der Waals surface area (Å²) in [6.45, 7) is 10.6. The van der Waals surface area contributed by atoms with Crippen molar-refractivity contribution in [3.63, 3.8) is 0 Å². The predicted molar refractivity (Wildman–Crippen MR) is 73.0 cm³/mol. The van der Waals surface area contributed by atoms with Crippen LogP contribution in [0.4, 0.5) is 0 Å². The van der Waals surface area contributed by atoms with Gasteiger partial charge in [0.2, 0.25) is 0 Å². The van der Waals surface area contributed by atoms with Crippen molar-refractivity contribution in [2.24, 2.45) is 5.41 Å². The minimum atomic E-state index is 0.273. The zero-order valence-electron chi connectivity index (χ0n) is 11.6. The van der Waals surface area contributed by atoms with Crippen LogP contribution >= 0.6 is 11.6 Å². The van der Waals surface area contributed by atoms with Gasteiger partial charge in [-0.25, -0.2) is 0 Å². The molecule has 0 atom stereocenters. The molecule has 98 valence electrons. The Balaban J connectivity index is 2.42. The summed E-state index contributed by atoms with van der Waals surface area (Å²) in [5, 5.41) is 13.3. The lowest BCUT2D eigenvalue weighted by Gasteiger charge is -2.16. The van der Waals surface area contributed by atoms with Crippen LogP contribution in [0.5, 0.6) is 0 Å². The van der Waals surface area contributed by atoms with E-state index in [9.17, 15) is 0 Å². The predicted octanol–water partition coefficient (Wildman–Crippen LogP) is 3.37. The SMILES string of the molecule is Cc1c(Cl)nn2c(CCC(C)(C)C)nnc2c1C. The summed E-state index contributed by atoms with van der Waals surface area (Å²) in [4.78, 5) is 0. The maximum absolute atomic E-state index is 6.12. The van der Waals surface area contributed by atoms with Crippen LogP contribution in [0.2, 0.25) is 5.15 Å². The van der Waals surface area contributed by atoms with Crippen molar-refractivity contribution in [3.8, 4) is 0 Å². The molecule has 0 aliphatic heterocycles. The molecule has 0 amide bonds. The normalized spacial score (nSPS) is 12.3. The Kier molecular flexibility index (Phi) is 3.32. The molecular weight excluding hydrogens is 248 g/mol. The first-order valence-electron chi connectivity index (χ1n) is 6.16. The molecule has 4 nitrogen and oxygen atoms in total. The van der Waals surface area contributed by atoms with Gasteiger partial charge in [-0.05, 0) is 31.2 Å². The van der Waals surface area contributed by atoms with Gasteiger partial charge < -0.3 is 0 Å². The average Bonchev–Trinajstić information content (AvgIpc) is 2.65. The summed E-state index contributed by atoms with van der Waals surface area (Å²) in [7, 11) is 0. The molecule has 2 aromatic rings. The lowest BCUT2D eigenvalue weighted by atomic mass is 9.90. The molecule has 0 N–H and O–H groups in total. The molecule has 0 aliphatic carbocycles. The largest absolute Gasteiger partial charge is 0.196 e. The van der Waals surface area contributed by atoms with Gasteiger partial charge in [0.05, 0.1) is 0 Å². The van der Waals surface area contributed by atoms with Crippen LogP contribution in [-0.2, 0) is 6.42 Å². The van der Waals surface area contributed by atoms with Gasteiger partial charge in [-0.3, -0.25) is 0 Å². The Hall–Kier alpha value is -1.16. The van der Waals surface area contributed by atoms with Crippen LogP contribution in [0.25, 0.3) is 5.65 Å². The van der Waals surface area contributed by atoms with E-state index in [4.69, 9.17) is 11.6 Å². The standard InChI is InChI=1S/C13H19ClN4/c1-8-9(2)12-16-15-10(6-7-13(3,4)5)18(12)17-11(8)14/h6-7H2,1-5H3. The third-order valence-electron chi connectivity index (χ3n) is 3.20. The lowest BCUT2D eigenvalue weighted by Crippen LogP contribution is -2.09. The number of rotatable bonds is 2. The van der Waals surface area contributed by atoms with Gasteiger partial charge in [-0.15, -0.1) is 10.2 Å². The van der Waals surface area contributed by atoms with Crippen LogP contribution in [0.15, 0.2) is 0 Å². The summed E-state index contributed by atoms with van der Waals surface area (Å²) in [5.74, 6) is 0.880. The van der Waals surface area contributed by atoms with Gasteiger partial charge >= 0.3 is 0 Å². The second-order valence-electron chi connectivity index (χ2n) is 5.95. The van der Waals surface area contributed by atoms with E-state index in [2.05, 4.69) is 36.1 Å². The third kappa shape index (κ3) is 2.48. The number of aromatic nitrogens is 4. The summed E-state index contributed by atoms with van der Waals surface area (Å²) in [6, 6.07) is 0. The molecule has 0 aliphatic rings. The quantitative estimate of drug-likeness (QED) is 0.837. The zero-order chi connectivity index (χ0) is 13.5. The summed E-state index contributed by atoms with van der Waals surface area (Å²) in [5.41, 5.74) is 3.10. The molecule has 0 saturated heterocycles. The Bertz CT molecular complexity index is 581. The first-order chi connectivity index (χ1) is 8.29. The number of nitrogens with zero attached hydrogens (tertiary/aromatic N) is 4. The number of hydrogen-bond acceptors (Lipinski definition) is 3. The average molecular weight is 267 g/mol. The van der Waals surface area contributed by atoms with E-state index in [0.29, 0.717) is 5.15 Å². The molecule has 0 spiro atoms. The summed E-state index contributed by atoms with van der Waals surface area (Å²) in [6.07, 6.45) is 1.90. The van der Waals surface area contributed by atoms with E-state index >= 15 is 0 Å². The lowest BCUT2D eigenvalue weighted by molar-refractivity contribution is 0.373. The van der Waals surface area contributed by atoms with E-state index in [0.717, 1.165) is 35.4 Å². The van der Waals surface area contributed by atoms with Gasteiger partial charge in [0.25, 0.3) is 0 Å². The van der Waals surface area contributed by atoms with E-state index in [1.54, 1.807) is 4.52 Å². The van der Waals surface area contributed by atoms with Crippen molar-refractivity contribution >= 4 is 17.2 Å².